The molecule has 130 valence electrons. The highest BCUT2D eigenvalue weighted by molar-refractivity contribution is 5.63. The molecular weight excluding hydrogens is 318 g/mol. The number of ether oxygens (including phenoxy) is 1. The number of rotatable bonds is 5. The number of aryl methyl sites for hydroxylation is 1. The van der Waals surface area contributed by atoms with Gasteiger partial charge in [-0.25, -0.2) is 0 Å². The summed E-state index contributed by atoms with van der Waals surface area (Å²) in [4.78, 5) is 17.0. The number of benzene rings is 1. The molecule has 2 aromatic heterocycles. The molecule has 0 bridgehead atoms. The number of nitrogens with zero attached hydrogens (tertiary/aromatic N) is 3. The fraction of sp³-hybridized carbons (Fsp3) is 0.316. The molecule has 1 aromatic carbocycles. The van der Waals surface area contributed by atoms with Gasteiger partial charge in [0.2, 0.25) is 5.82 Å². The average molecular weight is 339 g/mol. The Morgan fingerprint density at radius 3 is 2.72 bits per heavy atom. The molecule has 0 atom stereocenters. The third kappa shape index (κ3) is 3.47. The predicted octanol–water partition coefficient (Wildman–Crippen LogP) is 3.54. The first-order valence-corrected chi connectivity index (χ1v) is 8.18. The Hall–Kier alpha value is -2.89. The highest BCUT2D eigenvalue weighted by Crippen LogP contribution is 2.26. The molecule has 2 heterocycles. The van der Waals surface area contributed by atoms with Crippen molar-refractivity contribution in [3.8, 4) is 28.6 Å². The van der Waals surface area contributed by atoms with Gasteiger partial charge in [-0.2, -0.15) is 4.98 Å². The Morgan fingerprint density at radius 1 is 1.24 bits per heavy atom. The van der Waals surface area contributed by atoms with Crippen LogP contribution in [0.5, 0.6) is 5.75 Å². The fourth-order valence-electron chi connectivity index (χ4n) is 2.69. The van der Waals surface area contributed by atoms with Crippen molar-refractivity contribution in [2.45, 2.75) is 27.3 Å². The van der Waals surface area contributed by atoms with Crippen molar-refractivity contribution in [1.29, 1.82) is 0 Å². The van der Waals surface area contributed by atoms with Gasteiger partial charge in [0.1, 0.15) is 11.3 Å². The summed E-state index contributed by atoms with van der Waals surface area (Å²) in [6.07, 6.45) is 1.77. The van der Waals surface area contributed by atoms with Gasteiger partial charge in [0, 0.05) is 18.3 Å². The maximum Gasteiger partial charge on any atom is 0.263 e. The zero-order valence-corrected chi connectivity index (χ0v) is 14.8. The summed E-state index contributed by atoms with van der Waals surface area (Å²) in [5, 5.41) is 4.04. The number of pyridine rings is 1. The first-order valence-electron chi connectivity index (χ1n) is 8.18. The van der Waals surface area contributed by atoms with Gasteiger partial charge < -0.3 is 13.8 Å². The van der Waals surface area contributed by atoms with Crippen LogP contribution in [0.1, 0.15) is 19.4 Å². The molecular formula is C19H21N3O3. The molecule has 0 spiro atoms. The Morgan fingerprint density at radius 2 is 2.04 bits per heavy atom. The summed E-state index contributed by atoms with van der Waals surface area (Å²) in [5.41, 5.74) is 2.09. The third-order valence-electron chi connectivity index (χ3n) is 3.91. The van der Waals surface area contributed by atoms with Crippen molar-refractivity contribution in [2.75, 3.05) is 7.11 Å². The Labute approximate surface area is 146 Å². The first kappa shape index (κ1) is 17.0. The fourth-order valence-corrected chi connectivity index (χ4v) is 2.69. The van der Waals surface area contributed by atoms with Crippen LogP contribution in [0.2, 0.25) is 0 Å². The maximum absolute atomic E-state index is 12.6. The molecule has 0 aliphatic heterocycles. The van der Waals surface area contributed by atoms with Gasteiger partial charge >= 0.3 is 0 Å². The van der Waals surface area contributed by atoms with E-state index in [0.717, 1.165) is 16.9 Å². The SMILES string of the molecule is COc1ccc(-c2noc(-c3cccn(CC(C)C)c3=O)n2)c(C)c1. The minimum Gasteiger partial charge on any atom is -0.497 e. The van der Waals surface area contributed by atoms with Crippen molar-refractivity contribution in [3.63, 3.8) is 0 Å². The zero-order chi connectivity index (χ0) is 18.0. The van der Waals surface area contributed by atoms with E-state index >= 15 is 0 Å². The van der Waals surface area contributed by atoms with Crippen LogP contribution < -0.4 is 10.3 Å². The van der Waals surface area contributed by atoms with Crippen LogP contribution in [0.25, 0.3) is 22.8 Å². The summed E-state index contributed by atoms with van der Waals surface area (Å²) in [5.74, 6) is 1.82. The van der Waals surface area contributed by atoms with Gasteiger partial charge in [-0.05, 0) is 48.7 Å². The van der Waals surface area contributed by atoms with Crippen LogP contribution in [-0.4, -0.2) is 21.8 Å². The predicted molar refractivity (Wildman–Crippen MR) is 95.6 cm³/mol. The Bertz CT molecular complexity index is 941. The van der Waals surface area contributed by atoms with Crippen LogP contribution in [0.4, 0.5) is 0 Å². The summed E-state index contributed by atoms with van der Waals surface area (Å²) >= 11 is 0. The largest absolute Gasteiger partial charge is 0.497 e. The normalized spacial score (nSPS) is 11.1. The van der Waals surface area contributed by atoms with Crippen LogP contribution >= 0.6 is 0 Å². The molecule has 0 amide bonds. The monoisotopic (exact) mass is 339 g/mol. The second-order valence-electron chi connectivity index (χ2n) is 6.38. The van der Waals surface area contributed by atoms with Crippen LogP contribution in [0, 0.1) is 12.8 Å². The van der Waals surface area contributed by atoms with E-state index in [2.05, 4.69) is 24.0 Å². The molecule has 3 rings (SSSR count). The second-order valence-corrected chi connectivity index (χ2v) is 6.38. The lowest BCUT2D eigenvalue weighted by atomic mass is 10.1. The molecule has 0 N–H and O–H groups in total. The lowest BCUT2D eigenvalue weighted by Crippen LogP contribution is -2.23. The molecule has 6 nitrogen and oxygen atoms in total. The van der Waals surface area contributed by atoms with E-state index in [9.17, 15) is 4.79 Å². The average Bonchev–Trinajstić information content (AvgIpc) is 3.05. The molecule has 0 saturated heterocycles. The molecule has 25 heavy (non-hydrogen) atoms. The molecule has 3 aromatic rings. The number of aromatic nitrogens is 3. The second kappa shape index (κ2) is 6.93. The van der Waals surface area contributed by atoms with E-state index in [4.69, 9.17) is 9.26 Å². The molecule has 0 radical (unpaired) electrons. The lowest BCUT2D eigenvalue weighted by molar-refractivity contribution is 0.414. The number of hydrogen-bond donors (Lipinski definition) is 0. The quantitative estimate of drug-likeness (QED) is 0.711. The van der Waals surface area contributed by atoms with Crippen LogP contribution in [-0.2, 0) is 6.54 Å². The van der Waals surface area contributed by atoms with Gasteiger partial charge in [0.05, 0.1) is 7.11 Å². The summed E-state index contributed by atoms with van der Waals surface area (Å²) in [6, 6.07) is 9.16. The van der Waals surface area contributed by atoms with E-state index in [1.165, 1.54) is 0 Å². The molecule has 0 unspecified atom stereocenters. The summed E-state index contributed by atoms with van der Waals surface area (Å²) in [7, 11) is 1.62. The van der Waals surface area contributed by atoms with Crippen molar-refractivity contribution < 1.29 is 9.26 Å². The molecule has 6 heteroatoms. The van der Waals surface area contributed by atoms with Crippen LogP contribution in [0.15, 0.2) is 45.8 Å². The first-order chi connectivity index (χ1) is 12.0. The van der Waals surface area contributed by atoms with E-state index in [0.29, 0.717) is 23.9 Å². The minimum absolute atomic E-state index is 0.127. The Kier molecular flexibility index (Phi) is 4.70. The smallest absolute Gasteiger partial charge is 0.263 e. The van der Waals surface area contributed by atoms with E-state index in [1.807, 2.05) is 31.2 Å². The summed E-state index contributed by atoms with van der Waals surface area (Å²) < 4.78 is 12.2. The van der Waals surface area contributed by atoms with Crippen molar-refractivity contribution in [1.82, 2.24) is 14.7 Å². The van der Waals surface area contributed by atoms with E-state index in [1.54, 1.807) is 23.9 Å². The molecule has 0 aliphatic carbocycles. The minimum atomic E-state index is -0.127. The van der Waals surface area contributed by atoms with Gasteiger partial charge in [0.15, 0.2) is 0 Å². The number of methoxy groups -OCH3 is 1. The standard InChI is InChI=1S/C19H21N3O3/c1-12(2)11-22-9-5-6-16(19(22)23)18-20-17(21-25-18)15-8-7-14(24-4)10-13(15)3/h5-10,12H,11H2,1-4H3. The number of hydrogen-bond acceptors (Lipinski definition) is 5. The topological polar surface area (TPSA) is 70.2 Å². The van der Waals surface area contributed by atoms with Crippen molar-refractivity contribution in [2.24, 2.45) is 5.92 Å². The van der Waals surface area contributed by atoms with Crippen molar-refractivity contribution >= 4 is 0 Å². The third-order valence-corrected chi connectivity index (χ3v) is 3.91. The molecule has 0 fully saturated rings. The van der Waals surface area contributed by atoms with Crippen molar-refractivity contribution in [3.05, 3.63) is 52.4 Å². The van der Waals surface area contributed by atoms with Gasteiger partial charge in [-0.1, -0.05) is 19.0 Å². The van der Waals surface area contributed by atoms with E-state index in [-0.39, 0.29) is 11.4 Å². The van der Waals surface area contributed by atoms with Gasteiger partial charge in [0.25, 0.3) is 11.4 Å². The molecule has 0 saturated carbocycles. The van der Waals surface area contributed by atoms with Gasteiger partial charge in [-0.3, -0.25) is 4.79 Å². The van der Waals surface area contributed by atoms with Crippen LogP contribution in [0.3, 0.4) is 0 Å². The van der Waals surface area contributed by atoms with Gasteiger partial charge in [-0.15, -0.1) is 0 Å². The lowest BCUT2D eigenvalue weighted by Gasteiger charge is -2.08. The summed E-state index contributed by atoms with van der Waals surface area (Å²) in [6.45, 7) is 6.73. The molecule has 0 aliphatic rings. The highest BCUT2D eigenvalue weighted by atomic mass is 16.5. The van der Waals surface area contributed by atoms with E-state index < -0.39 is 0 Å². The Balaban J connectivity index is 1.99. The maximum atomic E-state index is 12.6. The zero-order valence-electron chi connectivity index (χ0n) is 14.8. The highest BCUT2D eigenvalue weighted by Gasteiger charge is 2.16.